The number of nitrogens with zero attached hydrogens (tertiary/aromatic N) is 2. The van der Waals surface area contributed by atoms with Crippen LogP contribution in [0.15, 0.2) is 77.9 Å². The zero-order chi connectivity index (χ0) is 29.4. The van der Waals surface area contributed by atoms with E-state index < -0.39 is 5.97 Å². The average Bonchev–Trinajstić information content (AvgIpc) is 2.96. The number of benzene rings is 3. The number of hydrazone groups is 1. The summed E-state index contributed by atoms with van der Waals surface area (Å²) < 4.78 is 0. The van der Waals surface area contributed by atoms with Crippen molar-refractivity contribution >= 4 is 29.2 Å². The first-order valence-electron chi connectivity index (χ1n) is 14.4. The number of carbonyl (C=O) groups is 3. The Kier molecular flexibility index (Phi) is 10.1. The molecule has 1 heterocycles. The molecule has 7 heteroatoms. The number of carboxylic acids is 1. The lowest BCUT2D eigenvalue weighted by molar-refractivity contribution is -0.137. The van der Waals surface area contributed by atoms with E-state index in [1.165, 1.54) is 0 Å². The first kappa shape index (κ1) is 29.7. The van der Waals surface area contributed by atoms with Crippen LogP contribution in [0.2, 0.25) is 0 Å². The van der Waals surface area contributed by atoms with Gasteiger partial charge in [0.1, 0.15) is 0 Å². The molecule has 2 atom stereocenters. The molecule has 0 fully saturated rings. The Morgan fingerprint density at radius 2 is 1.73 bits per heavy atom. The molecule has 0 aromatic heterocycles. The molecule has 2 N–H and O–H groups in total. The summed E-state index contributed by atoms with van der Waals surface area (Å²) in [5.41, 5.74) is 6.32. The van der Waals surface area contributed by atoms with Crippen LogP contribution in [-0.4, -0.2) is 33.6 Å². The Morgan fingerprint density at radius 1 is 1.00 bits per heavy atom. The fraction of sp³-hybridized carbons (Fsp3) is 0.353. The molecular weight excluding hydrogens is 514 g/mol. The number of carbonyl (C=O) groups excluding carboxylic acids is 2. The first-order valence-corrected chi connectivity index (χ1v) is 14.4. The van der Waals surface area contributed by atoms with Crippen LogP contribution in [0, 0.1) is 12.8 Å². The van der Waals surface area contributed by atoms with Gasteiger partial charge in [-0.1, -0.05) is 87.0 Å². The van der Waals surface area contributed by atoms with Crippen molar-refractivity contribution in [2.75, 3.05) is 5.32 Å². The molecule has 0 saturated carbocycles. The average molecular weight is 554 g/mol. The molecular formula is C34H39N3O4. The summed E-state index contributed by atoms with van der Waals surface area (Å²) >= 11 is 0. The molecule has 41 heavy (non-hydrogen) atoms. The first-order chi connectivity index (χ1) is 19.8. The van der Waals surface area contributed by atoms with Crippen LogP contribution >= 0.6 is 0 Å². The zero-order valence-corrected chi connectivity index (χ0v) is 24.1. The Hall–Kier alpha value is -4.26. The molecule has 1 aliphatic heterocycles. The van der Waals surface area contributed by atoms with Gasteiger partial charge in [0, 0.05) is 24.9 Å². The van der Waals surface area contributed by atoms with Gasteiger partial charge in [0.15, 0.2) is 0 Å². The fourth-order valence-electron chi connectivity index (χ4n) is 5.47. The third-order valence-electron chi connectivity index (χ3n) is 7.79. The third kappa shape index (κ3) is 7.69. The van der Waals surface area contributed by atoms with E-state index in [4.69, 9.17) is 5.11 Å². The molecule has 2 unspecified atom stereocenters. The molecule has 1 aliphatic rings. The minimum absolute atomic E-state index is 0.00327. The molecule has 3 aromatic rings. The number of carboxylic acid groups (broad SMARTS) is 1. The van der Waals surface area contributed by atoms with Gasteiger partial charge in [-0.15, -0.1) is 0 Å². The van der Waals surface area contributed by atoms with E-state index in [9.17, 15) is 14.4 Å². The van der Waals surface area contributed by atoms with Crippen LogP contribution in [0.4, 0.5) is 5.69 Å². The summed E-state index contributed by atoms with van der Waals surface area (Å²) in [4.78, 5) is 37.4. The van der Waals surface area contributed by atoms with Gasteiger partial charge in [0.2, 0.25) is 11.8 Å². The van der Waals surface area contributed by atoms with Gasteiger partial charge >= 0.3 is 5.97 Å². The predicted molar refractivity (Wildman–Crippen MR) is 162 cm³/mol. The van der Waals surface area contributed by atoms with Crippen LogP contribution in [-0.2, 0) is 27.3 Å². The molecule has 0 spiro atoms. The van der Waals surface area contributed by atoms with Crippen molar-refractivity contribution < 1.29 is 19.5 Å². The van der Waals surface area contributed by atoms with Gasteiger partial charge < -0.3 is 10.4 Å². The quantitative estimate of drug-likeness (QED) is 0.261. The Labute approximate surface area is 242 Å². The number of hydrogen-bond acceptors (Lipinski definition) is 4. The SMILES string of the molecule is CCCC(C)C(C(=O)Nc1cccc(CCC(=O)O)c1C)c1ccc(CN2N=C(c3ccccc3)CCC2=O)cc1. The summed E-state index contributed by atoms with van der Waals surface area (Å²) in [6.45, 7) is 6.51. The molecule has 4 rings (SSSR count). The Balaban J connectivity index is 1.52. The van der Waals surface area contributed by atoms with Gasteiger partial charge in [-0.05, 0) is 59.6 Å². The van der Waals surface area contributed by atoms with Gasteiger partial charge in [0.25, 0.3) is 0 Å². The van der Waals surface area contributed by atoms with Crippen LogP contribution in [0.3, 0.4) is 0 Å². The Morgan fingerprint density at radius 3 is 2.41 bits per heavy atom. The van der Waals surface area contributed by atoms with E-state index in [0.717, 1.165) is 46.4 Å². The van der Waals surface area contributed by atoms with E-state index in [-0.39, 0.29) is 30.1 Å². The van der Waals surface area contributed by atoms with Gasteiger partial charge in [-0.25, -0.2) is 5.01 Å². The molecule has 0 saturated heterocycles. The minimum Gasteiger partial charge on any atom is -0.481 e. The van der Waals surface area contributed by atoms with Crippen LogP contribution in [0.1, 0.15) is 79.7 Å². The highest BCUT2D eigenvalue weighted by atomic mass is 16.4. The molecule has 0 bridgehead atoms. The van der Waals surface area contributed by atoms with E-state index in [2.05, 4.69) is 24.3 Å². The summed E-state index contributed by atoms with van der Waals surface area (Å²) in [6, 6.07) is 23.5. The highest BCUT2D eigenvalue weighted by Crippen LogP contribution is 2.31. The van der Waals surface area contributed by atoms with E-state index in [1.54, 1.807) is 5.01 Å². The summed E-state index contributed by atoms with van der Waals surface area (Å²) in [5.74, 6) is -1.17. The second-order valence-corrected chi connectivity index (χ2v) is 10.8. The number of aryl methyl sites for hydroxylation is 1. The topological polar surface area (TPSA) is 99.1 Å². The van der Waals surface area contributed by atoms with E-state index in [1.807, 2.05) is 79.7 Å². The third-order valence-corrected chi connectivity index (χ3v) is 7.79. The number of anilines is 1. The highest BCUT2D eigenvalue weighted by molar-refractivity contribution is 6.04. The summed E-state index contributed by atoms with van der Waals surface area (Å²) in [7, 11) is 0. The smallest absolute Gasteiger partial charge is 0.303 e. The largest absolute Gasteiger partial charge is 0.481 e. The van der Waals surface area contributed by atoms with E-state index in [0.29, 0.717) is 31.5 Å². The van der Waals surface area contributed by atoms with E-state index >= 15 is 0 Å². The van der Waals surface area contributed by atoms with Crippen LogP contribution in [0.5, 0.6) is 0 Å². The number of nitrogens with one attached hydrogen (secondary N) is 1. The van der Waals surface area contributed by atoms with Crippen molar-refractivity contribution in [2.24, 2.45) is 11.0 Å². The number of rotatable bonds is 12. The molecule has 0 aliphatic carbocycles. The fourth-order valence-corrected chi connectivity index (χ4v) is 5.47. The maximum absolute atomic E-state index is 13.7. The van der Waals surface area contributed by atoms with Crippen molar-refractivity contribution in [3.8, 4) is 0 Å². The number of amides is 2. The van der Waals surface area contributed by atoms with Gasteiger partial charge in [-0.3, -0.25) is 14.4 Å². The van der Waals surface area contributed by atoms with Crippen LogP contribution < -0.4 is 5.32 Å². The molecule has 7 nitrogen and oxygen atoms in total. The van der Waals surface area contributed by atoms with Crippen molar-refractivity contribution in [3.05, 3.63) is 101 Å². The predicted octanol–water partition coefficient (Wildman–Crippen LogP) is 6.70. The standard InChI is InChI=1S/C34H39N3O4/c1-4-9-23(2)33(34(41)35-29-13-8-12-26(24(29)3)18-21-32(39)40)28-16-14-25(15-17-28)22-37-31(38)20-19-30(36-37)27-10-6-5-7-11-27/h5-8,10-17,23,33H,4,9,18-22H2,1-3H3,(H,35,41)(H,39,40). The maximum atomic E-state index is 13.7. The molecule has 214 valence electrons. The maximum Gasteiger partial charge on any atom is 0.303 e. The number of aliphatic carboxylic acids is 1. The minimum atomic E-state index is -0.844. The van der Waals surface area contributed by atoms with Crippen molar-refractivity contribution in [1.29, 1.82) is 0 Å². The lowest BCUT2D eigenvalue weighted by Crippen LogP contribution is -2.31. The lowest BCUT2D eigenvalue weighted by Gasteiger charge is -2.26. The van der Waals surface area contributed by atoms with Gasteiger partial charge in [-0.2, -0.15) is 5.10 Å². The highest BCUT2D eigenvalue weighted by Gasteiger charge is 2.28. The molecule has 3 aromatic carbocycles. The number of hydrogen-bond donors (Lipinski definition) is 2. The summed E-state index contributed by atoms with van der Waals surface area (Å²) in [6.07, 6.45) is 3.38. The summed E-state index contributed by atoms with van der Waals surface area (Å²) in [5, 5.41) is 18.4. The Bertz CT molecular complexity index is 1400. The van der Waals surface area contributed by atoms with Crippen molar-refractivity contribution in [3.63, 3.8) is 0 Å². The monoisotopic (exact) mass is 553 g/mol. The lowest BCUT2D eigenvalue weighted by atomic mass is 9.83. The molecule has 0 radical (unpaired) electrons. The zero-order valence-electron chi connectivity index (χ0n) is 24.1. The normalized spacial score (nSPS) is 14.8. The second kappa shape index (κ2) is 13.9. The van der Waals surface area contributed by atoms with Crippen molar-refractivity contribution in [2.45, 2.75) is 71.8 Å². The van der Waals surface area contributed by atoms with Crippen molar-refractivity contribution in [1.82, 2.24) is 5.01 Å². The second-order valence-electron chi connectivity index (χ2n) is 10.8. The van der Waals surface area contributed by atoms with Gasteiger partial charge in [0.05, 0.1) is 18.2 Å². The molecule has 2 amide bonds. The van der Waals surface area contributed by atoms with Crippen LogP contribution in [0.25, 0.3) is 0 Å².